The minimum Gasteiger partial charge on any atom is -0.399 e. The van der Waals surface area contributed by atoms with Crippen LogP contribution in [0.2, 0.25) is 0 Å². The Labute approximate surface area is 120 Å². The molecule has 1 aliphatic heterocycles. The molecule has 3 rings (SSSR count). The summed E-state index contributed by atoms with van der Waals surface area (Å²) in [6.45, 7) is 0.644. The highest BCUT2D eigenvalue weighted by atomic mass is 32.1. The van der Waals surface area contributed by atoms with Crippen molar-refractivity contribution in [3.05, 3.63) is 24.3 Å². The zero-order valence-electron chi connectivity index (χ0n) is 10.7. The molecule has 1 amide bonds. The van der Waals surface area contributed by atoms with Gasteiger partial charge >= 0.3 is 0 Å². The van der Waals surface area contributed by atoms with Crippen LogP contribution in [0, 0.1) is 0 Å². The van der Waals surface area contributed by atoms with E-state index >= 15 is 0 Å². The van der Waals surface area contributed by atoms with Gasteiger partial charge in [-0.1, -0.05) is 11.3 Å². The van der Waals surface area contributed by atoms with Gasteiger partial charge in [-0.05, 0) is 37.1 Å². The van der Waals surface area contributed by atoms with Gasteiger partial charge in [-0.3, -0.25) is 10.1 Å². The number of ether oxygens (including phenoxy) is 1. The van der Waals surface area contributed by atoms with Crippen LogP contribution in [0.3, 0.4) is 0 Å². The second-order valence-corrected chi connectivity index (χ2v) is 5.50. The van der Waals surface area contributed by atoms with E-state index in [0.29, 0.717) is 17.4 Å². The van der Waals surface area contributed by atoms with E-state index in [1.165, 1.54) is 11.3 Å². The fourth-order valence-electron chi connectivity index (χ4n) is 1.99. The number of hydrogen-bond donors (Lipinski definition) is 2. The first kappa shape index (κ1) is 13.0. The number of amides is 1. The van der Waals surface area contributed by atoms with Gasteiger partial charge in [0.2, 0.25) is 5.13 Å². The first-order valence-electron chi connectivity index (χ1n) is 6.34. The minimum atomic E-state index is -0.362. The summed E-state index contributed by atoms with van der Waals surface area (Å²) in [5.41, 5.74) is 7.27. The minimum absolute atomic E-state index is 0.150. The second-order valence-electron chi connectivity index (χ2n) is 4.53. The average Bonchev–Trinajstić information content (AvgIpc) is 3.10. The van der Waals surface area contributed by atoms with Crippen LogP contribution in [-0.2, 0) is 9.53 Å². The fraction of sp³-hybridized carbons (Fsp3) is 0.308. The summed E-state index contributed by atoms with van der Waals surface area (Å²) in [5, 5.41) is 12.0. The topological polar surface area (TPSA) is 90.1 Å². The molecule has 1 unspecified atom stereocenters. The van der Waals surface area contributed by atoms with Crippen LogP contribution in [0.25, 0.3) is 10.6 Å². The number of aromatic nitrogens is 2. The molecule has 20 heavy (non-hydrogen) atoms. The van der Waals surface area contributed by atoms with Gasteiger partial charge in [-0.15, -0.1) is 10.2 Å². The number of carbonyl (C=O) groups excluding carboxylic acids is 1. The molecule has 104 valence electrons. The molecule has 1 aromatic carbocycles. The van der Waals surface area contributed by atoms with Gasteiger partial charge in [-0.2, -0.15) is 0 Å². The summed E-state index contributed by atoms with van der Waals surface area (Å²) in [7, 11) is 0. The molecule has 0 saturated carbocycles. The monoisotopic (exact) mass is 290 g/mol. The van der Waals surface area contributed by atoms with E-state index in [4.69, 9.17) is 10.5 Å². The maximum atomic E-state index is 11.9. The van der Waals surface area contributed by atoms with Crippen LogP contribution in [0.4, 0.5) is 10.8 Å². The first-order valence-corrected chi connectivity index (χ1v) is 7.16. The van der Waals surface area contributed by atoms with Crippen molar-refractivity contribution in [2.24, 2.45) is 0 Å². The Bertz CT molecular complexity index is 605. The van der Waals surface area contributed by atoms with Crippen LogP contribution in [0.1, 0.15) is 12.8 Å². The van der Waals surface area contributed by atoms with Crippen LogP contribution >= 0.6 is 11.3 Å². The lowest BCUT2D eigenvalue weighted by atomic mass is 10.2. The number of nitrogens with two attached hydrogens (primary N) is 1. The molecule has 6 nitrogen and oxygen atoms in total. The van der Waals surface area contributed by atoms with Crippen molar-refractivity contribution in [1.29, 1.82) is 0 Å². The quantitative estimate of drug-likeness (QED) is 0.843. The van der Waals surface area contributed by atoms with Gasteiger partial charge in [0.25, 0.3) is 5.91 Å². The van der Waals surface area contributed by atoms with Crippen LogP contribution in [-0.4, -0.2) is 28.8 Å². The third-order valence-electron chi connectivity index (χ3n) is 3.03. The van der Waals surface area contributed by atoms with Gasteiger partial charge in [0, 0.05) is 17.9 Å². The number of nitrogen functional groups attached to an aromatic ring is 1. The van der Waals surface area contributed by atoms with Crippen molar-refractivity contribution in [3.63, 3.8) is 0 Å². The molecule has 1 aromatic heterocycles. The Balaban J connectivity index is 1.70. The Hall–Kier alpha value is -1.99. The molecule has 1 saturated heterocycles. The molecule has 0 aliphatic carbocycles. The summed E-state index contributed by atoms with van der Waals surface area (Å²) in [5.74, 6) is -0.150. The van der Waals surface area contributed by atoms with Gasteiger partial charge < -0.3 is 10.5 Å². The molecular formula is C13H14N4O2S. The average molecular weight is 290 g/mol. The molecule has 1 atom stereocenters. The Morgan fingerprint density at radius 3 is 2.85 bits per heavy atom. The Morgan fingerprint density at radius 1 is 1.35 bits per heavy atom. The molecular weight excluding hydrogens is 276 g/mol. The highest BCUT2D eigenvalue weighted by Gasteiger charge is 2.24. The smallest absolute Gasteiger partial charge is 0.255 e. The lowest BCUT2D eigenvalue weighted by Crippen LogP contribution is -2.26. The van der Waals surface area contributed by atoms with Crippen molar-refractivity contribution in [3.8, 4) is 10.6 Å². The van der Waals surface area contributed by atoms with Crippen molar-refractivity contribution in [2.75, 3.05) is 17.7 Å². The van der Waals surface area contributed by atoms with E-state index in [9.17, 15) is 4.79 Å². The summed E-state index contributed by atoms with van der Waals surface area (Å²) >= 11 is 1.33. The highest BCUT2D eigenvalue weighted by molar-refractivity contribution is 7.18. The molecule has 2 heterocycles. The molecule has 0 bridgehead atoms. The second kappa shape index (κ2) is 5.56. The summed E-state index contributed by atoms with van der Waals surface area (Å²) in [4.78, 5) is 11.9. The Morgan fingerprint density at radius 2 is 2.15 bits per heavy atom. The van der Waals surface area contributed by atoms with E-state index in [2.05, 4.69) is 15.5 Å². The predicted octanol–water partition coefficient (Wildman–Crippen LogP) is 1.90. The maximum absolute atomic E-state index is 11.9. The number of benzene rings is 1. The zero-order valence-corrected chi connectivity index (χ0v) is 11.5. The third-order valence-corrected chi connectivity index (χ3v) is 3.92. The molecule has 0 radical (unpaired) electrons. The van der Waals surface area contributed by atoms with Crippen molar-refractivity contribution in [1.82, 2.24) is 10.2 Å². The van der Waals surface area contributed by atoms with E-state index < -0.39 is 0 Å². The number of carbonyl (C=O) groups is 1. The summed E-state index contributed by atoms with van der Waals surface area (Å²) in [6.07, 6.45) is 1.32. The third kappa shape index (κ3) is 2.78. The molecule has 1 fully saturated rings. The van der Waals surface area contributed by atoms with Crippen LogP contribution in [0.5, 0.6) is 0 Å². The first-order chi connectivity index (χ1) is 9.72. The van der Waals surface area contributed by atoms with Gasteiger partial charge in [0.05, 0.1) is 0 Å². The summed E-state index contributed by atoms with van der Waals surface area (Å²) < 4.78 is 5.32. The van der Waals surface area contributed by atoms with Crippen molar-refractivity contribution in [2.45, 2.75) is 18.9 Å². The van der Waals surface area contributed by atoms with E-state index in [-0.39, 0.29) is 12.0 Å². The highest BCUT2D eigenvalue weighted by Crippen LogP contribution is 2.27. The van der Waals surface area contributed by atoms with Gasteiger partial charge in [0.1, 0.15) is 11.1 Å². The van der Waals surface area contributed by atoms with Crippen LogP contribution < -0.4 is 11.1 Å². The molecule has 3 N–H and O–H groups in total. The van der Waals surface area contributed by atoms with Crippen LogP contribution in [0.15, 0.2) is 24.3 Å². The summed E-state index contributed by atoms with van der Waals surface area (Å²) in [6, 6.07) is 7.37. The van der Waals surface area contributed by atoms with Crippen molar-refractivity contribution >= 4 is 28.1 Å². The molecule has 1 aliphatic rings. The maximum Gasteiger partial charge on any atom is 0.255 e. The molecule has 2 aromatic rings. The zero-order chi connectivity index (χ0) is 13.9. The largest absolute Gasteiger partial charge is 0.399 e. The van der Waals surface area contributed by atoms with E-state index in [1.54, 1.807) is 12.1 Å². The van der Waals surface area contributed by atoms with E-state index in [0.717, 1.165) is 23.4 Å². The fourth-order valence-corrected chi connectivity index (χ4v) is 2.74. The number of hydrogen-bond acceptors (Lipinski definition) is 6. The molecule has 0 spiro atoms. The van der Waals surface area contributed by atoms with Gasteiger partial charge in [-0.25, -0.2) is 0 Å². The van der Waals surface area contributed by atoms with Crippen molar-refractivity contribution < 1.29 is 9.53 Å². The lowest BCUT2D eigenvalue weighted by molar-refractivity contribution is -0.124. The SMILES string of the molecule is Nc1ccc(-c2nnc(NC(=O)C3CCCO3)s2)cc1. The Kier molecular flexibility index (Phi) is 3.62. The number of rotatable bonds is 3. The standard InChI is InChI=1S/C13H14N4O2S/c14-9-5-3-8(4-6-9)12-16-17-13(20-12)15-11(18)10-2-1-7-19-10/h3-6,10H,1-2,7,14H2,(H,15,17,18). The predicted molar refractivity (Wildman–Crippen MR) is 77.4 cm³/mol. The van der Waals surface area contributed by atoms with E-state index in [1.807, 2.05) is 12.1 Å². The molecule has 7 heteroatoms. The number of nitrogens with zero attached hydrogens (tertiary/aromatic N) is 2. The normalized spacial score (nSPS) is 18.1. The lowest BCUT2D eigenvalue weighted by Gasteiger charge is -2.06. The number of anilines is 2. The van der Waals surface area contributed by atoms with Gasteiger partial charge in [0.15, 0.2) is 0 Å². The number of nitrogens with one attached hydrogen (secondary N) is 1.